The van der Waals surface area contributed by atoms with Gasteiger partial charge in [0.15, 0.2) is 0 Å². The molecule has 1 aromatic carbocycles. The van der Waals surface area contributed by atoms with E-state index in [4.69, 9.17) is 33.7 Å². The highest BCUT2D eigenvalue weighted by molar-refractivity contribution is 6.39. The van der Waals surface area contributed by atoms with E-state index < -0.39 is 5.60 Å². The van der Waals surface area contributed by atoms with Crippen LogP contribution in [-0.2, 0) is 4.74 Å². The molecule has 1 amide bonds. The van der Waals surface area contributed by atoms with E-state index in [1.54, 1.807) is 0 Å². The number of nitrogens with one attached hydrogen (secondary N) is 1. The molecule has 0 bridgehead atoms. The van der Waals surface area contributed by atoms with Gasteiger partial charge in [-0.3, -0.25) is 4.79 Å². The van der Waals surface area contributed by atoms with Gasteiger partial charge < -0.3 is 20.9 Å². The summed E-state index contributed by atoms with van der Waals surface area (Å²) in [4.78, 5) is 12.0. The van der Waals surface area contributed by atoms with Gasteiger partial charge in [-0.25, -0.2) is 0 Å². The Balaban J connectivity index is 2.01. The van der Waals surface area contributed by atoms with Crippen LogP contribution in [0.5, 0.6) is 0 Å². The lowest BCUT2D eigenvalue weighted by atomic mass is 9.94. The first-order chi connectivity index (χ1) is 9.41. The Labute approximate surface area is 127 Å². The highest BCUT2D eigenvalue weighted by Crippen LogP contribution is 2.29. The van der Waals surface area contributed by atoms with E-state index in [0.29, 0.717) is 31.6 Å². The molecule has 1 saturated heterocycles. The van der Waals surface area contributed by atoms with Crippen LogP contribution < -0.4 is 11.1 Å². The van der Waals surface area contributed by atoms with Gasteiger partial charge in [-0.1, -0.05) is 23.2 Å². The van der Waals surface area contributed by atoms with Gasteiger partial charge in [-0.15, -0.1) is 0 Å². The summed E-state index contributed by atoms with van der Waals surface area (Å²) in [6.45, 7) is 1.15. The minimum atomic E-state index is -0.921. The molecule has 1 aliphatic heterocycles. The topological polar surface area (TPSA) is 84.6 Å². The first kappa shape index (κ1) is 15.4. The fourth-order valence-electron chi connectivity index (χ4n) is 1.99. The van der Waals surface area contributed by atoms with Gasteiger partial charge in [0.1, 0.15) is 0 Å². The van der Waals surface area contributed by atoms with Gasteiger partial charge in [-0.2, -0.15) is 0 Å². The van der Waals surface area contributed by atoms with Crippen molar-refractivity contribution in [2.24, 2.45) is 0 Å². The molecule has 0 radical (unpaired) electrons. The normalized spacial score (nSPS) is 17.8. The Hall–Kier alpha value is -1.01. The van der Waals surface area contributed by atoms with E-state index in [1.165, 1.54) is 12.1 Å². The van der Waals surface area contributed by atoms with E-state index in [2.05, 4.69) is 5.32 Å². The zero-order valence-electron chi connectivity index (χ0n) is 10.8. The third kappa shape index (κ3) is 3.55. The molecular formula is C13H16Cl2N2O3. The second kappa shape index (κ2) is 6.18. The average Bonchev–Trinajstić information content (AvgIpc) is 2.42. The van der Waals surface area contributed by atoms with Gasteiger partial charge in [0.05, 0.1) is 21.3 Å². The predicted octanol–water partition coefficient (Wildman–Crippen LogP) is 1.85. The van der Waals surface area contributed by atoms with Crippen LogP contribution in [0.4, 0.5) is 5.69 Å². The third-order valence-corrected chi connectivity index (χ3v) is 3.97. The van der Waals surface area contributed by atoms with E-state index >= 15 is 0 Å². The highest BCUT2D eigenvalue weighted by atomic mass is 35.5. The minimum Gasteiger partial charge on any atom is -0.396 e. The zero-order chi connectivity index (χ0) is 14.8. The molecule has 1 aliphatic rings. The molecule has 5 nitrogen and oxygen atoms in total. The Morgan fingerprint density at radius 1 is 1.35 bits per heavy atom. The van der Waals surface area contributed by atoms with Gasteiger partial charge in [0, 0.05) is 38.2 Å². The molecule has 0 aromatic heterocycles. The molecule has 20 heavy (non-hydrogen) atoms. The van der Waals surface area contributed by atoms with Gasteiger partial charge in [0.2, 0.25) is 0 Å². The summed E-state index contributed by atoms with van der Waals surface area (Å²) >= 11 is 11.8. The average molecular weight is 319 g/mol. The van der Waals surface area contributed by atoms with Crippen molar-refractivity contribution in [2.75, 3.05) is 25.5 Å². The molecule has 1 aromatic rings. The number of hydrogen-bond acceptors (Lipinski definition) is 4. The van der Waals surface area contributed by atoms with Crippen molar-refractivity contribution in [2.45, 2.75) is 18.4 Å². The number of aliphatic hydroxyl groups is 1. The molecule has 7 heteroatoms. The first-order valence-corrected chi connectivity index (χ1v) is 7.00. The Kier molecular flexibility index (Phi) is 4.75. The van der Waals surface area contributed by atoms with Crippen LogP contribution in [0.25, 0.3) is 0 Å². The number of benzene rings is 1. The number of amides is 1. The van der Waals surface area contributed by atoms with Crippen molar-refractivity contribution in [1.29, 1.82) is 0 Å². The number of ether oxygens (including phenoxy) is 1. The number of rotatable bonds is 3. The van der Waals surface area contributed by atoms with E-state index in [-0.39, 0.29) is 28.2 Å². The van der Waals surface area contributed by atoms with Crippen LogP contribution in [0, 0.1) is 0 Å². The second-order valence-corrected chi connectivity index (χ2v) is 5.69. The van der Waals surface area contributed by atoms with Crippen LogP contribution in [-0.4, -0.2) is 36.4 Å². The van der Waals surface area contributed by atoms with E-state index in [9.17, 15) is 9.90 Å². The van der Waals surface area contributed by atoms with Crippen LogP contribution in [0.15, 0.2) is 12.1 Å². The second-order valence-electron chi connectivity index (χ2n) is 4.87. The lowest BCUT2D eigenvalue weighted by Gasteiger charge is -2.32. The molecule has 4 N–H and O–H groups in total. The number of carbonyl (C=O) groups excluding carboxylic acids is 1. The molecule has 0 saturated carbocycles. The summed E-state index contributed by atoms with van der Waals surface area (Å²) in [6.07, 6.45) is 0.993. The molecule has 0 aliphatic carbocycles. The van der Waals surface area contributed by atoms with E-state index in [1.807, 2.05) is 0 Å². The zero-order valence-corrected chi connectivity index (χ0v) is 12.3. The minimum absolute atomic E-state index is 0.162. The molecule has 1 fully saturated rings. The quantitative estimate of drug-likeness (QED) is 0.742. The van der Waals surface area contributed by atoms with E-state index in [0.717, 1.165) is 0 Å². The van der Waals surface area contributed by atoms with Crippen molar-refractivity contribution in [3.8, 4) is 0 Å². The standard InChI is InChI=1S/C13H16Cl2N2O3/c14-9-5-8(6-10(15)11(9)16)12(18)17-7-13(19)1-3-20-4-2-13/h5-6,19H,1-4,7,16H2,(H,17,18). The Morgan fingerprint density at radius 2 is 1.90 bits per heavy atom. The summed E-state index contributed by atoms with van der Waals surface area (Å²) in [7, 11) is 0. The molecule has 0 atom stereocenters. The smallest absolute Gasteiger partial charge is 0.251 e. The monoisotopic (exact) mass is 318 g/mol. The Morgan fingerprint density at radius 3 is 2.45 bits per heavy atom. The van der Waals surface area contributed by atoms with Crippen LogP contribution in [0.3, 0.4) is 0 Å². The maximum Gasteiger partial charge on any atom is 0.251 e. The lowest BCUT2D eigenvalue weighted by Crippen LogP contribution is -2.46. The third-order valence-electron chi connectivity index (χ3n) is 3.34. The molecule has 0 spiro atoms. The van der Waals surface area contributed by atoms with Crippen molar-refractivity contribution in [3.05, 3.63) is 27.7 Å². The predicted molar refractivity (Wildman–Crippen MR) is 78.2 cm³/mol. The number of carbonyl (C=O) groups is 1. The molecule has 0 unspecified atom stereocenters. The maximum atomic E-state index is 12.0. The SMILES string of the molecule is Nc1c(Cl)cc(C(=O)NCC2(O)CCOCC2)cc1Cl. The molecule has 1 heterocycles. The van der Waals surface area contributed by atoms with Crippen LogP contribution >= 0.6 is 23.2 Å². The molecule has 110 valence electrons. The van der Waals surface area contributed by atoms with Crippen LogP contribution in [0.2, 0.25) is 10.0 Å². The van der Waals surface area contributed by atoms with Gasteiger partial charge >= 0.3 is 0 Å². The van der Waals surface area contributed by atoms with Gasteiger partial charge in [0.25, 0.3) is 5.91 Å². The summed E-state index contributed by atoms with van der Waals surface area (Å²) in [6, 6.07) is 2.90. The number of nitrogen functional groups attached to an aromatic ring is 1. The fraction of sp³-hybridized carbons (Fsp3) is 0.462. The lowest BCUT2D eigenvalue weighted by molar-refractivity contribution is -0.0605. The number of anilines is 1. The molecular weight excluding hydrogens is 303 g/mol. The summed E-state index contributed by atoms with van der Waals surface area (Å²) < 4.78 is 5.18. The summed E-state index contributed by atoms with van der Waals surface area (Å²) in [5, 5.41) is 13.4. The van der Waals surface area contributed by atoms with Crippen LogP contribution in [0.1, 0.15) is 23.2 Å². The summed E-state index contributed by atoms with van der Waals surface area (Å²) in [5.41, 5.74) is 5.25. The largest absolute Gasteiger partial charge is 0.396 e. The number of nitrogens with two attached hydrogens (primary N) is 1. The van der Waals surface area contributed by atoms with Crippen molar-refractivity contribution in [1.82, 2.24) is 5.32 Å². The molecule has 2 rings (SSSR count). The summed E-state index contributed by atoms with van der Waals surface area (Å²) in [5.74, 6) is -0.353. The maximum absolute atomic E-state index is 12.0. The van der Waals surface area contributed by atoms with Gasteiger partial charge in [-0.05, 0) is 12.1 Å². The van der Waals surface area contributed by atoms with Crippen molar-refractivity contribution < 1.29 is 14.6 Å². The highest BCUT2D eigenvalue weighted by Gasteiger charge is 2.30. The number of halogens is 2. The Bertz CT molecular complexity index is 493. The fourth-order valence-corrected chi connectivity index (χ4v) is 2.48. The number of hydrogen-bond donors (Lipinski definition) is 3. The van der Waals surface area contributed by atoms with Crippen molar-refractivity contribution in [3.63, 3.8) is 0 Å². The van der Waals surface area contributed by atoms with Crippen molar-refractivity contribution >= 4 is 34.8 Å². The first-order valence-electron chi connectivity index (χ1n) is 6.24.